The largest absolute Gasteiger partial charge is 0.508 e. The number of allylic oxidation sites excluding steroid dienone is 4. The van der Waals surface area contributed by atoms with E-state index >= 15 is 0 Å². The molecule has 0 radical (unpaired) electrons. The van der Waals surface area contributed by atoms with E-state index in [4.69, 9.17) is 0 Å². The topological polar surface area (TPSA) is 40.5 Å². The first-order chi connectivity index (χ1) is 8.90. The van der Waals surface area contributed by atoms with Crippen molar-refractivity contribution >= 4 is 0 Å². The monoisotopic (exact) mass is 260 g/mol. The standard InChI is InChI=1S/C17H24O2/c1-12(2)6-5-7-13(3)8-9-15-11-16(18)10-14(4)17(15)19/h6,8,10-11,18-19H,5,7,9H2,1-4H3/b13-8+. The highest BCUT2D eigenvalue weighted by molar-refractivity contribution is 5.46. The summed E-state index contributed by atoms with van der Waals surface area (Å²) in [7, 11) is 0. The number of hydrogen-bond donors (Lipinski definition) is 2. The molecule has 0 aliphatic carbocycles. The third-order valence-corrected chi connectivity index (χ3v) is 3.13. The molecule has 0 saturated carbocycles. The van der Waals surface area contributed by atoms with Crippen molar-refractivity contribution < 1.29 is 10.2 Å². The van der Waals surface area contributed by atoms with Crippen molar-refractivity contribution in [2.75, 3.05) is 0 Å². The van der Waals surface area contributed by atoms with Gasteiger partial charge in [0.2, 0.25) is 0 Å². The fourth-order valence-electron chi connectivity index (χ4n) is 1.96. The molecule has 0 saturated heterocycles. The van der Waals surface area contributed by atoms with Gasteiger partial charge in [0.1, 0.15) is 11.5 Å². The number of aromatic hydroxyl groups is 2. The Hall–Kier alpha value is -1.70. The molecule has 0 aromatic heterocycles. The summed E-state index contributed by atoms with van der Waals surface area (Å²) in [6, 6.07) is 3.20. The lowest BCUT2D eigenvalue weighted by atomic mass is 10.0. The molecule has 1 aromatic carbocycles. The second-order valence-electron chi connectivity index (χ2n) is 5.35. The van der Waals surface area contributed by atoms with Crippen molar-refractivity contribution in [1.82, 2.24) is 0 Å². The number of benzene rings is 1. The van der Waals surface area contributed by atoms with Gasteiger partial charge in [-0.25, -0.2) is 0 Å². The van der Waals surface area contributed by atoms with Crippen LogP contribution in [0.25, 0.3) is 0 Å². The zero-order valence-electron chi connectivity index (χ0n) is 12.3. The summed E-state index contributed by atoms with van der Waals surface area (Å²) < 4.78 is 0. The highest BCUT2D eigenvalue weighted by Crippen LogP contribution is 2.28. The molecule has 0 heterocycles. The molecular weight excluding hydrogens is 236 g/mol. The molecule has 0 aliphatic heterocycles. The highest BCUT2D eigenvalue weighted by Gasteiger charge is 2.05. The lowest BCUT2D eigenvalue weighted by molar-refractivity contribution is 0.451. The Balaban J connectivity index is 2.67. The smallest absolute Gasteiger partial charge is 0.122 e. The fourth-order valence-corrected chi connectivity index (χ4v) is 1.96. The van der Waals surface area contributed by atoms with Gasteiger partial charge in [-0.3, -0.25) is 0 Å². The summed E-state index contributed by atoms with van der Waals surface area (Å²) in [5.41, 5.74) is 4.14. The summed E-state index contributed by atoms with van der Waals surface area (Å²) in [4.78, 5) is 0. The van der Waals surface area contributed by atoms with E-state index in [0.717, 1.165) is 18.4 Å². The number of hydrogen-bond acceptors (Lipinski definition) is 2. The Bertz CT molecular complexity index is 492. The van der Waals surface area contributed by atoms with Crippen LogP contribution in [0.4, 0.5) is 0 Å². The van der Waals surface area contributed by atoms with Gasteiger partial charge in [-0.2, -0.15) is 0 Å². The van der Waals surface area contributed by atoms with E-state index in [-0.39, 0.29) is 11.5 Å². The second-order valence-corrected chi connectivity index (χ2v) is 5.35. The summed E-state index contributed by atoms with van der Waals surface area (Å²) in [5.74, 6) is 0.493. The molecule has 0 amide bonds. The van der Waals surface area contributed by atoms with Crippen LogP contribution in [-0.2, 0) is 6.42 Å². The first kappa shape index (κ1) is 15.4. The predicted octanol–water partition coefficient (Wildman–Crippen LogP) is 4.64. The zero-order valence-corrected chi connectivity index (χ0v) is 12.3. The molecule has 0 atom stereocenters. The molecule has 2 heteroatoms. The minimum absolute atomic E-state index is 0.209. The predicted molar refractivity (Wildman–Crippen MR) is 80.6 cm³/mol. The molecule has 1 rings (SSSR count). The van der Waals surface area contributed by atoms with Crippen molar-refractivity contribution in [2.24, 2.45) is 0 Å². The van der Waals surface area contributed by atoms with Crippen molar-refractivity contribution in [3.8, 4) is 11.5 Å². The van der Waals surface area contributed by atoms with Gasteiger partial charge in [0.05, 0.1) is 0 Å². The van der Waals surface area contributed by atoms with Gasteiger partial charge in [0.15, 0.2) is 0 Å². The summed E-state index contributed by atoms with van der Waals surface area (Å²) >= 11 is 0. The van der Waals surface area contributed by atoms with E-state index in [1.54, 1.807) is 19.1 Å². The second kappa shape index (κ2) is 7.03. The minimum Gasteiger partial charge on any atom is -0.508 e. The Morgan fingerprint density at radius 3 is 2.42 bits per heavy atom. The maximum absolute atomic E-state index is 9.93. The Morgan fingerprint density at radius 2 is 1.79 bits per heavy atom. The van der Waals surface area contributed by atoms with Crippen LogP contribution < -0.4 is 0 Å². The maximum Gasteiger partial charge on any atom is 0.122 e. The average Bonchev–Trinajstić information content (AvgIpc) is 2.31. The van der Waals surface area contributed by atoms with Crippen molar-refractivity contribution in [1.29, 1.82) is 0 Å². The summed E-state index contributed by atoms with van der Waals surface area (Å²) in [6.45, 7) is 8.11. The van der Waals surface area contributed by atoms with Gasteiger partial charge in [-0.05, 0) is 64.7 Å². The van der Waals surface area contributed by atoms with E-state index < -0.39 is 0 Å². The lowest BCUT2D eigenvalue weighted by Gasteiger charge is -2.07. The number of phenolic OH excluding ortho intramolecular Hbond substituents is 2. The van der Waals surface area contributed by atoms with Crippen LogP contribution in [0.1, 0.15) is 44.7 Å². The molecule has 2 nitrogen and oxygen atoms in total. The number of phenols is 2. The first-order valence-electron chi connectivity index (χ1n) is 6.70. The van der Waals surface area contributed by atoms with Crippen LogP contribution in [0.15, 0.2) is 35.4 Å². The van der Waals surface area contributed by atoms with Crippen LogP contribution in [0.2, 0.25) is 0 Å². The minimum atomic E-state index is 0.209. The molecule has 0 spiro atoms. The normalized spacial score (nSPS) is 11.5. The molecule has 19 heavy (non-hydrogen) atoms. The molecule has 0 fully saturated rings. The van der Waals surface area contributed by atoms with E-state index in [0.29, 0.717) is 12.0 Å². The lowest BCUT2D eigenvalue weighted by Crippen LogP contribution is -1.88. The molecule has 104 valence electrons. The van der Waals surface area contributed by atoms with E-state index in [2.05, 4.69) is 32.9 Å². The quantitative estimate of drug-likeness (QED) is 0.598. The van der Waals surface area contributed by atoms with Gasteiger partial charge >= 0.3 is 0 Å². The molecule has 2 N–H and O–H groups in total. The Kier molecular flexibility index (Phi) is 5.68. The maximum atomic E-state index is 9.93. The highest BCUT2D eigenvalue weighted by atomic mass is 16.3. The van der Waals surface area contributed by atoms with Gasteiger partial charge < -0.3 is 10.2 Å². The van der Waals surface area contributed by atoms with Crippen LogP contribution in [0, 0.1) is 6.92 Å². The van der Waals surface area contributed by atoms with Gasteiger partial charge in [0, 0.05) is 5.56 Å². The van der Waals surface area contributed by atoms with Gasteiger partial charge in [0.25, 0.3) is 0 Å². The SMILES string of the molecule is CC(C)=CCC/C(C)=C/Cc1cc(O)cc(C)c1O. The van der Waals surface area contributed by atoms with Crippen LogP contribution in [0.5, 0.6) is 11.5 Å². The molecular formula is C17H24O2. The first-order valence-corrected chi connectivity index (χ1v) is 6.70. The molecule has 0 bridgehead atoms. The van der Waals surface area contributed by atoms with Crippen molar-refractivity contribution in [3.63, 3.8) is 0 Å². The van der Waals surface area contributed by atoms with Crippen molar-refractivity contribution in [2.45, 2.75) is 47.0 Å². The fraction of sp³-hybridized carbons (Fsp3) is 0.412. The average molecular weight is 260 g/mol. The van der Waals surface area contributed by atoms with E-state index in [1.165, 1.54) is 11.1 Å². The molecule has 0 aliphatic rings. The van der Waals surface area contributed by atoms with Crippen molar-refractivity contribution in [3.05, 3.63) is 46.6 Å². The Labute approximate surface area is 116 Å². The third kappa shape index (κ3) is 5.21. The van der Waals surface area contributed by atoms with Crippen LogP contribution >= 0.6 is 0 Å². The number of aryl methyl sites for hydroxylation is 1. The Morgan fingerprint density at radius 1 is 1.11 bits per heavy atom. The summed E-state index contributed by atoms with van der Waals surface area (Å²) in [5, 5.41) is 19.5. The number of rotatable bonds is 5. The van der Waals surface area contributed by atoms with Crippen LogP contribution in [0.3, 0.4) is 0 Å². The van der Waals surface area contributed by atoms with E-state index in [1.807, 2.05) is 0 Å². The third-order valence-electron chi connectivity index (χ3n) is 3.13. The molecule has 0 unspecified atom stereocenters. The van der Waals surface area contributed by atoms with E-state index in [9.17, 15) is 10.2 Å². The van der Waals surface area contributed by atoms with Gasteiger partial charge in [-0.1, -0.05) is 23.3 Å². The summed E-state index contributed by atoms with van der Waals surface area (Å²) in [6.07, 6.45) is 7.08. The van der Waals surface area contributed by atoms with Gasteiger partial charge in [-0.15, -0.1) is 0 Å². The zero-order chi connectivity index (χ0) is 14.4. The van der Waals surface area contributed by atoms with Crippen LogP contribution in [-0.4, -0.2) is 10.2 Å². The molecule has 1 aromatic rings.